The van der Waals surface area contributed by atoms with Crippen molar-refractivity contribution in [3.05, 3.63) is 24.3 Å². The van der Waals surface area contributed by atoms with Crippen LogP contribution in [0.25, 0.3) is 0 Å². The highest BCUT2D eigenvalue weighted by molar-refractivity contribution is 5.42. The molecule has 0 aliphatic carbocycles. The Balaban J connectivity index is 2.19. The van der Waals surface area contributed by atoms with Crippen molar-refractivity contribution in [3.63, 3.8) is 0 Å². The van der Waals surface area contributed by atoms with Crippen LogP contribution in [0.1, 0.15) is 26.7 Å². The molecule has 0 amide bonds. The van der Waals surface area contributed by atoms with Crippen LogP contribution in [0, 0.1) is 0 Å². The zero-order valence-electron chi connectivity index (χ0n) is 9.16. The highest BCUT2D eigenvalue weighted by Crippen LogP contribution is 2.41. The first-order valence-corrected chi connectivity index (χ1v) is 5.40. The standard InChI is InChI=1S/C12H16O3/c1-3-9-12(13-4-2)14-10-7-5-6-8-11(10)15-12/h5-8H,3-4,9H2,1-2H3. The Morgan fingerprint density at radius 1 is 1.13 bits per heavy atom. The molecule has 3 heteroatoms. The maximum absolute atomic E-state index is 5.73. The summed E-state index contributed by atoms with van der Waals surface area (Å²) >= 11 is 0. The molecule has 2 rings (SSSR count). The third kappa shape index (κ3) is 1.92. The molecule has 1 aliphatic heterocycles. The first kappa shape index (κ1) is 10.3. The average Bonchev–Trinajstić information content (AvgIpc) is 2.56. The van der Waals surface area contributed by atoms with Gasteiger partial charge in [0.1, 0.15) is 0 Å². The zero-order valence-corrected chi connectivity index (χ0v) is 9.16. The number of hydrogen-bond donors (Lipinski definition) is 0. The largest absolute Gasteiger partial charge is 0.426 e. The molecule has 15 heavy (non-hydrogen) atoms. The van der Waals surface area contributed by atoms with Crippen LogP contribution in [0.15, 0.2) is 24.3 Å². The fraction of sp³-hybridized carbons (Fsp3) is 0.500. The van der Waals surface area contributed by atoms with Gasteiger partial charge < -0.3 is 14.2 Å². The van der Waals surface area contributed by atoms with Crippen LogP contribution in [-0.2, 0) is 4.74 Å². The van der Waals surface area contributed by atoms with Crippen LogP contribution < -0.4 is 9.47 Å². The summed E-state index contributed by atoms with van der Waals surface area (Å²) < 4.78 is 17.0. The topological polar surface area (TPSA) is 27.7 Å². The van der Waals surface area contributed by atoms with Crippen molar-refractivity contribution in [2.45, 2.75) is 32.7 Å². The molecule has 82 valence electrons. The minimum Gasteiger partial charge on any atom is -0.426 e. The molecule has 1 aromatic carbocycles. The third-order valence-corrected chi connectivity index (χ3v) is 2.30. The van der Waals surface area contributed by atoms with Gasteiger partial charge in [0.25, 0.3) is 0 Å². The number of fused-ring (bicyclic) bond motifs is 1. The van der Waals surface area contributed by atoms with Gasteiger partial charge in [-0.05, 0) is 25.5 Å². The zero-order chi connectivity index (χ0) is 10.7. The Hall–Kier alpha value is -1.22. The van der Waals surface area contributed by atoms with Crippen LogP contribution >= 0.6 is 0 Å². The van der Waals surface area contributed by atoms with E-state index in [1.807, 2.05) is 31.2 Å². The number of hydrogen-bond acceptors (Lipinski definition) is 3. The second-order valence-electron chi connectivity index (χ2n) is 3.52. The summed E-state index contributed by atoms with van der Waals surface area (Å²) in [6.45, 7) is 4.59. The Kier molecular flexibility index (Phi) is 2.82. The minimum absolute atomic E-state index is 0.577. The van der Waals surface area contributed by atoms with Gasteiger partial charge in [-0.1, -0.05) is 19.1 Å². The van der Waals surface area contributed by atoms with E-state index >= 15 is 0 Å². The second-order valence-corrected chi connectivity index (χ2v) is 3.52. The second kappa shape index (κ2) is 4.11. The molecule has 1 aliphatic rings. The van der Waals surface area contributed by atoms with Gasteiger partial charge in [0, 0.05) is 0 Å². The van der Waals surface area contributed by atoms with Gasteiger partial charge in [0.2, 0.25) is 0 Å². The van der Waals surface area contributed by atoms with Crippen molar-refractivity contribution >= 4 is 0 Å². The highest BCUT2D eigenvalue weighted by atomic mass is 16.9. The Labute approximate surface area is 90.0 Å². The molecule has 0 saturated carbocycles. The van der Waals surface area contributed by atoms with E-state index in [-0.39, 0.29) is 0 Å². The van der Waals surface area contributed by atoms with E-state index in [0.29, 0.717) is 6.61 Å². The lowest BCUT2D eigenvalue weighted by Gasteiger charge is -2.26. The summed E-state index contributed by atoms with van der Waals surface area (Å²) in [4.78, 5) is 0. The molecular formula is C12H16O3. The lowest BCUT2D eigenvalue weighted by molar-refractivity contribution is -0.283. The monoisotopic (exact) mass is 208 g/mol. The highest BCUT2D eigenvalue weighted by Gasteiger charge is 2.41. The molecule has 0 aromatic heterocycles. The summed E-state index contributed by atoms with van der Waals surface area (Å²) in [7, 11) is 0. The van der Waals surface area contributed by atoms with E-state index in [1.165, 1.54) is 0 Å². The quantitative estimate of drug-likeness (QED) is 0.761. The van der Waals surface area contributed by atoms with Gasteiger partial charge in [0.15, 0.2) is 11.5 Å². The smallest absolute Gasteiger partial charge is 0.371 e. The number of para-hydroxylation sites is 2. The number of benzene rings is 1. The Morgan fingerprint density at radius 2 is 1.73 bits per heavy atom. The molecule has 1 aromatic rings. The van der Waals surface area contributed by atoms with Crippen LogP contribution in [0.3, 0.4) is 0 Å². The van der Waals surface area contributed by atoms with Crippen molar-refractivity contribution in [1.29, 1.82) is 0 Å². The average molecular weight is 208 g/mol. The van der Waals surface area contributed by atoms with Gasteiger partial charge in [0.05, 0.1) is 13.0 Å². The molecule has 0 bridgehead atoms. The fourth-order valence-corrected chi connectivity index (χ4v) is 1.73. The summed E-state index contributed by atoms with van der Waals surface area (Å²) in [5, 5.41) is 0. The molecule has 0 spiro atoms. The number of ether oxygens (including phenoxy) is 3. The molecule has 0 N–H and O–H groups in total. The van der Waals surface area contributed by atoms with Crippen molar-refractivity contribution in [2.75, 3.05) is 6.61 Å². The fourth-order valence-electron chi connectivity index (χ4n) is 1.73. The van der Waals surface area contributed by atoms with E-state index in [0.717, 1.165) is 24.3 Å². The summed E-state index contributed by atoms with van der Waals surface area (Å²) in [5.74, 6) is 0.631. The van der Waals surface area contributed by atoms with Crippen molar-refractivity contribution in [3.8, 4) is 11.5 Å². The van der Waals surface area contributed by atoms with Gasteiger partial charge in [-0.15, -0.1) is 0 Å². The predicted molar refractivity (Wildman–Crippen MR) is 57.0 cm³/mol. The lowest BCUT2D eigenvalue weighted by Crippen LogP contribution is -2.41. The van der Waals surface area contributed by atoms with Gasteiger partial charge in [-0.25, -0.2) is 0 Å². The van der Waals surface area contributed by atoms with Crippen molar-refractivity contribution in [1.82, 2.24) is 0 Å². The number of rotatable bonds is 4. The van der Waals surface area contributed by atoms with E-state index < -0.39 is 5.97 Å². The van der Waals surface area contributed by atoms with Crippen LogP contribution in [0.4, 0.5) is 0 Å². The van der Waals surface area contributed by atoms with Gasteiger partial charge in [-0.2, -0.15) is 0 Å². The molecule has 1 heterocycles. The maximum atomic E-state index is 5.73. The molecule has 0 radical (unpaired) electrons. The molecule has 0 saturated heterocycles. The molecule has 0 unspecified atom stereocenters. The van der Waals surface area contributed by atoms with E-state index in [1.54, 1.807) is 0 Å². The molecule has 3 nitrogen and oxygen atoms in total. The summed E-state index contributed by atoms with van der Waals surface area (Å²) in [6.07, 6.45) is 1.68. The lowest BCUT2D eigenvalue weighted by atomic mass is 10.3. The minimum atomic E-state index is -0.896. The van der Waals surface area contributed by atoms with Gasteiger partial charge in [-0.3, -0.25) is 0 Å². The first-order valence-electron chi connectivity index (χ1n) is 5.40. The van der Waals surface area contributed by atoms with Crippen LogP contribution in [0.2, 0.25) is 0 Å². The first-order chi connectivity index (χ1) is 7.29. The molecule has 0 atom stereocenters. The van der Waals surface area contributed by atoms with E-state index in [4.69, 9.17) is 14.2 Å². The van der Waals surface area contributed by atoms with E-state index in [2.05, 4.69) is 6.92 Å². The van der Waals surface area contributed by atoms with Crippen molar-refractivity contribution < 1.29 is 14.2 Å². The maximum Gasteiger partial charge on any atom is 0.371 e. The Morgan fingerprint density at radius 3 is 2.20 bits per heavy atom. The van der Waals surface area contributed by atoms with Gasteiger partial charge >= 0.3 is 5.97 Å². The van der Waals surface area contributed by atoms with E-state index in [9.17, 15) is 0 Å². The molecule has 0 fully saturated rings. The normalized spacial score (nSPS) is 16.7. The van der Waals surface area contributed by atoms with Crippen LogP contribution in [0.5, 0.6) is 11.5 Å². The van der Waals surface area contributed by atoms with Crippen LogP contribution in [-0.4, -0.2) is 12.6 Å². The summed E-state index contributed by atoms with van der Waals surface area (Å²) in [5.41, 5.74) is 0. The molecular weight excluding hydrogens is 192 g/mol. The third-order valence-electron chi connectivity index (χ3n) is 2.30. The SMILES string of the molecule is CCCC1(OCC)Oc2ccccc2O1. The predicted octanol–water partition coefficient (Wildman–Crippen LogP) is 2.95. The van der Waals surface area contributed by atoms with Crippen molar-refractivity contribution in [2.24, 2.45) is 0 Å². The Bertz CT molecular complexity index is 302. The summed E-state index contributed by atoms with van der Waals surface area (Å²) in [6, 6.07) is 7.64.